The Morgan fingerprint density at radius 1 is 0.655 bits per heavy atom. The molecule has 0 saturated carbocycles. The highest BCUT2D eigenvalue weighted by Gasteiger charge is 2.37. The van der Waals surface area contributed by atoms with Gasteiger partial charge < -0.3 is 47.9 Å². The number of methoxy groups -OCH3 is 2. The minimum absolute atomic E-state index is 0. The van der Waals surface area contributed by atoms with E-state index >= 15 is 4.39 Å². The Morgan fingerprint density at radius 2 is 1.20 bits per heavy atom. The predicted octanol–water partition coefficient (Wildman–Crippen LogP) is 10.3. The van der Waals surface area contributed by atoms with Gasteiger partial charge in [-0.1, -0.05) is 60.4 Å². The van der Waals surface area contributed by atoms with E-state index in [2.05, 4.69) is 51.5 Å². The highest BCUT2D eigenvalue weighted by atomic mass is 35.5. The molecule has 462 valence electrons. The molecule has 2 aromatic carbocycles. The number of anilines is 2. The average Bonchev–Trinajstić information content (AvgIpc) is 1.84. The van der Waals surface area contributed by atoms with Crippen molar-refractivity contribution in [3.05, 3.63) is 81.3 Å². The fourth-order valence-electron chi connectivity index (χ4n) is 11.6. The number of carbonyl (C=O) groups is 1. The number of ether oxygens (including phenoxy) is 7. The number of rotatable bonds is 14. The number of halogens is 6. The molecule has 8 aromatic rings. The van der Waals surface area contributed by atoms with Crippen LogP contribution in [0.2, 0.25) is 20.4 Å². The summed E-state index contributed by atoms with van der Waals surface area (Å²) in [6.07, 6.45) is 9.12. The number of likely N-dealkylation sites (tertiary alicyclic amines) is 2. The van der Waals surface area contributed by atoms with E-state index in [1.807, 2.05) is 19.0 Å². The summed E-state index contributed by atoms with van der Waals surface area (Å²) in [5.41, 5.74) is 1.54. The Hall–Kier alpha value is -6.81. The molecule has 0 spiro atoms. The Labute approximate surface area is 519 Å². The molecule has 0 aliphatic carbocycles. The number of hydrogen-bond donors (Lipinski definition) is 1. The third kappa shape index (κ3) is 12.8. The quantitative estimate of drug-likeness (QED) is 0.0790. The summed E-state index contributed by atoms with van der Waals surface area (Å²) in [6.45, 7) is 10.4. The first-order valence-electron chi connectivity index (χ1n) is 28.2. The lowest BCUT2D eigenvalue weighted by atomic mass is 10.1. The zero-order valence-electron chi connectivity index (χ0n) is 47.5. The summed E-state index contributed by atoms with van der Waals surface area (Å²) in [6, 6.07) is 6.19. The first-order valence-corrected chi connectivity index (χ1v) is 29.7. The van der Waals surface area contributed by atoms with Crippen LogP contribution in [0.1, 0.15) is 52.2 Å². The van der Waals surface area contributed by atoms with Gasteiger partial charge >= 0.3 is 12.0 Å². The predicted molar refractivity (Wildman–Crippen MR) is 327 cm³/mol. The molecule has 5 saturated heterocycles. The van der Waals surface area contributed by atoms with Crippen molar-refractivity contribution >= 4 is 108 Å². The van der Waals surface area contributed by atoms with Crippen molar-refractivity contribution in [2.24, 2.45) is 0 Å². The van der Waals surface area contributed by atoms with E-state index in [1.54, 1.807) is 42.1 Å². The SMILES string of the molecule is C.C=CC(=O)N1CCN(c2nc(O[C@@H]3CN(C)C[C@H]3OC)nc3c(Oc4c(Cl)c(F)cc5[nH]ncc45)nc(Cl)cc23)CC1.CO[C@@H]1CN(C)C[C@H]1Oc1nc(N2CCCCC2)c2cc(Cl)nc(Oc3c(Cl)c(F)cc4c3cnn4C3CCCCO3)c2n1. The van der Waals surface area contributed by atoms with Gasteiger partial charge in [-0.05, 0) is 70.8 Å². The van der Waals surface area contributed by atoms with Gasteiger partial charge in [-0.2, -0.15) is 40.1 Å². The Kier molecular flexibility index (Phi) is 18.8. The van der Waals surface area contributed by atoms with Crippen molar-refractivity contribution in [2.45, 2.75) is 76.6 Å². The number of pyridine rings is 2. The number of likely N-dealkylation sites (N-methyl/N-ethyl adjacent to an activating group) is 2. The van der Waals surface area contributed by atoms with E-state index in [1.165, 1.54) is 24.4 Å². The third-order valence-electron chi connectivity index (χ3n) is 16.0. The van der Waals surface area contributed by atoms with Crippen LogP contribution in [0.25, 0.3) is 43.6 Å². The van der Waals surface area contributed by atoms with Gasteiger partial charge in [-0.3, -0.25) is 19.7 Å². The fourth-order valence-corrected chi connectivity index (χ4v) is 12.4. The summed E-state index contributed by atoms with van der Waals surface area (Å²) >= 11 is 25.9. The van der Waals surface area contributed by atoms with Gasteiger partial charge in [0.2, 0.25) is 17.7 Å². The fraction of sp³-hybridized carbons (Fsp3) is 0.466. The molecule has 87 heavy (non-hydrogen) atoms. The number of H-pyrrole nitrogens is 1. The number of benzene rings is 2. The second-order valence-corrected chi connectivity index (χ2v) is 23.2. The van der Waals surface area contributed by atoms with Gasteiger partial charge in [-0.15, -0.1) is 0 Å². The first kappa shape index (κ1) is 61.8. The number of hydrogen-bond acceptors (Lipinski definition) is 20. The minimum atomic E-state index is -0.697. The number of amides is 1. The maximum Gasteiger partial charge on any atom is 0.319 e. The van der Waals surface area contributed by atoms with Gasteiger partial charge in [-0.25, -0.2) is 13.5 Å². The van der Waals surface area contributed by atoms with Crippen LogP contribution in [0, 0.1) is 11.6 Å². The number of piperidine rings is 1. The topological polar surface area (TPSA) is 222 Å². The molecule has 23 nitrogen and oxygen atoms in total. The molecule has 5 aliphatic heterocycles. The zero-order chi connectivity index (χ0) is 59.9. The van der Waals surface area contributed by atoms with Gasteiger partial charge in [0.05, 0.1) is 45.0 Å². The summed E-state index contributed by atoms with van der Waals surface area (Å²) in [7, 11) is 7.29. The summed E-state index contributed by atoms with van der Waals surface area (Å²) in [5, 5.41) is 13.2. The van der Waals surface area contributed by atoms with Crippen LogP contribution in [0.15, 0.2) is 49.3 Å². The van der Waals surface area contributed by atoms with Crippen LogP contribution >= 0.6 is 46.4 Å². The largest absolute Gasteiger partial charge is 0.456 e. The van der Waals surface area contributed by atoms with E-state index in [0.29, 0.717) is 102 Å². The van der Waals surface area contributed by atoms with Crippen LogP contribution in [0.5, 0.6) is 35.3 Å². The zero-order valence-corrected chi connectivity index (χ0v) is 50.5. The second kappa shape index (κ2) is 26.5. The van der Waals surface area contributed by atoms with E-state index in [9.17, 15) is 9.18 Å². The molecule has 0 bridgehead atoms. The summed E-state index contributed by atoms with van der Waals surface area (Å²) in [5.74, 6) is -0.175. The van der Waals surface area contributed by atoms with Crippen LogP contribution in [-0.2, 0) is 19.0 Å². The number of nitrogens with one attached hydrogen (secondary N) is 1. The molecular weight excluding hydrogens is 1210 g/mol. The summed E-state index contributed by atoms with van der Waals surface area (Å²) in [4.78, 5) is 50.3. The normalized spacial score (nSPS) is 21.1. The Balaban J connectivity index is 0.000000178. The monoisotopic (exact) mass is 1280 g/mol. The van der Waals surface area contributed by atoms with Gasteiger partial charge in [0.25, 0.3) is 0 Å². The highest BCUT2D eigenvalue weighted by Crippen LogP contribution is 2.45. The van der Waals surface area contributed by atoms with E-state index in [4.69, 9.17) is 94.5 Å². The summed E-state index contributed by atoms with van der Waals surface area (Å²) < 4.78 is 74.1. The number of piperazine rings is 1. The molecule has 11 heterocycles. The number of fused-ring (bicyclic) bond motifs is 4. The molecule has 5 fully saturated rings. The Morgan fingerprint density at radius 3 is 1.74 bits per heavy atom. The van der Waals surface area contributed by atoms with Crippen molar-refractivity contribution in [3.8, 4) is 35.3 Å². The van der Waals surface area contributed by atoms with E-state index < -0.39 is 11.6 Å². The van der Waals surface area contributed by atoms with Crippen LogP contribution < -0.4 is 28.7 Å². The van der Waals surface area contributed by atoms with Crippen molar-refractivity contribution < 1.29 is 46.7 Å². The van der Waals surface area contributed by atoms with Crippen molar-refractivity contribution in [2.75, 3.05) is 110 Å². The molecular formula is C58H65Cl4F2N15O8. The molecule has 0 radical (unpaired) electrons. The number of aromatic amines is 1. The molecule has 5 atom stereocenters. The lowest BCUT2D eigenvalue weighted by molar-refractivity contribution is -0.126. The average molecular weight is 1280 g/mol. The highest BCUT2D eigenvalue weighted by molar-refractivity contribution is 6.34. The first-order chi connectivity index (χ1) is 41.6. The molecule has 1 N–H and O–H groups in total. The minimum Gasteiger partial charge on any atom is -0.456 e. The van der Waals surface area contributed by atoms with Crippen molar-refractivity contribution in [3.63, 3.8) is 0 Å². The Bertz CT molecular complexity index is 3850. The van der Waals surface area contributed by atoms with Crippen LogP contribution in [0.4, 0.5) is 20.4 Å². The number of carbonyl (C=O) groups excluding carboxylic acids is 1. The van der Waals surface area contributed by atoms with Gasteiger partial charge in [0.1, 0.15) is 79.1 Å². The molecule has 5 aliphatic rings. The van der Waals surface area contributed by atoms with Crippen LogP contribution in [0.3, 0.4) is 0 Å². The second-order valence-electron chi connectivity index (χ2n) is 21.7. The number of aromatic nitrogens is 10. The van der Waals surface area contributed by atoms with Gasteiger partial charge in [0, 0.05) is 98.4 Å². The molecule has 29 heteroatoms. The maximum atomic E-state index is 15.3. The molecule has 1 amide bonds. The third-order valence-corrected chi connectivity index (χ3v) is 17.1. The maximum absolute atomic E-state index is 15.3. The molecule has 6 aromatic heterocycles. The van der Waals surface area contributed by atoms with Crippen LogP contribution in [-0.4, -0.2) is 195 Å². The standard InChI is InChI=1S/C30H34Cl2FN7O4.C27H27Cl2FN8O4.CH4/c1-38-15-21(41-2)22(16-38)43-30-36-26-17(28(37-30)39-9-5-3-6-10-39)12-23(31)35-29(26)44-27-18-14-34-40(24-8-4-7-11-42-24)20(18)13-19(33)25(27)32;1-4-21(39)37-5-7-38(8-6-37)25-14-9-20(28)32-26(42-24-15-11-31-35-17(15)10-16(30)22(24)29)23(14)33-27(34-25)41-19-13-36(2)12-18(19)40-3;/h12-14,21-22,24H,3-11,15-16H2,1-2H3;4,9-11,18-19H,1,5-8,12-13H2,2-3H3,(H,31,35);1H4/t21-,22-,24?;18-,19-;/m11./s1. The smallest absolute Gasteiger partial charge is 0.319 e. The van der Waals surface area contributed by atoms with E-state index in [-0.39, 0.29) is 105 Å². The molecule has 13 rings (SSSR count). The number of nitrogens with zero attached hydrogens (tertiary/aromatic N) is 14. The van der Waals surface area contributed by atoms with E-state index in [0.717, 1.165) is 58.2 Å². The lowest BCUT2D eigenvalue weighted by Gasteiger charge is -2.35. The van der Waals surface area contributed by atoms with Crippen molar-refractivity contribution in [1.29, 1.82) is 0 Å². The lowest BCUT2D eigenvalue weighted by Crippen LogP contribution is -2.48. The van der Waals surface area contributed by atoms with Crippen molar-refractivity contribution in [1.82, 2.24) is 64.6 Å². The van der Waals surface area contributed by atoms with Gasteiger partial charge in [0.15, 0.2) is 17.7 Å². The molecule has 1 unspecified atom stereocenters.